The SMILES string of the molecule is COc1ccc(C[C@H]2NC(=O)/C=C/C[C@@H]([C@@H](C)/C=C/c3ccccc3)OC(=O)[C@H](CC(C)C)OC(=O)[C@H](C)CNC2=O)cc1Cl. The minimum atomic E-state index is -1.11. The number of carbonyl (C=O) groups is 4. The van der Waals surface area contributed by atoms with Gasteiger partial charge < -0.3 is 24.8 Å². The second-order valence-corrected chi connectivity index (χ2v) is 12.1. The van der Waals surface area contributed by atoms with Crippen molar-refractivity contribution in [1.82, 2.24) is 10.6 Å². The van der Waals surface area contributed by atoms with Gasteiger partial charge in [-0.3, -0.25) is 14.4 Å². The maximum absolute atomic E-state index is 13.4. The molecule has 0 radical (unpaired) electrons. The van der Waals surface area contributed by atoms with Gasteiger partial charge in [-0.05, 0) is 41.7 Å². The number of nitrogens with one attached hydrogen (secondary N) is 2. The number of halogens is 1. The van der Waals surface area contributed by atoms with Crippen molar-refractivity contribution < 1.29 is 33.4 Å². The number of benzene rings is 2. The fraction of sp³-hybridized carbons (Fsp3) is 0.429. The molecule has 0 spiro atoms. The molecule has 0 aromatic heterocycles. The van der Waals surface area contributed by atoms with Crippen molar-refractivity contribution in [2.75, 3.05) is 13.7 Å². The molecule has 0 unspecified atom stereocenters. The van der Waals surface area contributed by atoms with Gasteiger partial charge in [0.15, 0.2) is 6.10 Å². The first-order chi connectivity index (χ1) is 21.5. The summed E-state index contributed by atoms with van der Waals surface area (Å²) in [5.74, 6) is -2.74. The van der Waals surface area contributed by atoms with E-state index in [0.29, 0.717) is 16.3 Å². The van der Waals surface area contributed by atoms with Crippen LogP contribution in [0.5, 0.6) is 5.75 Å². The van der Waals surface area contributed by atoms with Gasteiger partial charge in [0.2, 0.25) is 11.8 Å². The third-order valence-corrected chi connectivity index (χ3v) is 7.66. The third-order valence-electron chi connectivity index (χ3n) is 7.36. The van der Waals surface area contributed by atoms with Crippen molar-refractivity contribution in [3.8, 4) is 5.75 Å². The van der Waals surface area contributed by atoms with E-state index in [4.69, 9.17) is 25.8 Å². The van der Waals surface area contributed by atoms with Crippen LogP contribution in [-0.2, 0) is 35.1 Å². The molecule has 0 saturated heterocycles. The van der Waals surface area contributed by atoms with Crippen LogP contribution in [-0.4, -0.2) is 55.7 Å². The van der Waals surface area contributed by atoms with Crippen LogP contribution in [0.15, 0.2) is 66.8 Å². The van der Waals surface area contributed by atoms with Crippen LogP contribution in [0.4, 0.5) is 0 Å². The zero-order chi connectivity index (χ0) is 32.9. The van der Waals surface area contributed by atoms with Gasteiger partial charge in [-0.2, -0.15) is 0 Å². The quantitative estimate of drug-likeness (QED) is 0.376. The predicted octanol–water partition coefficient (Wildman–Crippen LogP) is 5.31. The van der Waals surface area contributed by atoms with Crippen molar-refractivity contribution in [3.63, 3.8) is 0 Å². The number of amides is 2. The molecular weight excluding hydrogens is 596 g/mol. The molecule has 1 heterocycles. The maximum Gasteiger partial charge on any atom is 0.347 e. The van der Waals surface area contributed by atoms with Crippen LogP contribution in [0.1, 0.15) is 51.7 Å². The second kappa shape index (κ2) is 17.4. The third kappa shape index (κ3) is 11.4. The largest absolute Gasteiger partial charge is 0.495 e. The van der Waals surface area contributed by atoms with E-state index >= 15 is 0 Å². The zero-order valence-corrected chi connectivity index (χ0v) is 27.2. The van der Waals surface area contributed by atoms with Crippen molar-refractivity contribution >= 4 is 41.4 Å². The molecule has 5 atom stereocenters. The van der Waals surface area contributed by atoms with Crippen molar-refractivity contribution in [2.24, 2.45) is 17.8 Å². The average Bonchev–Trinajstić information content (AvgIpc) is 3.01. The van der Waals surface area contributed by atoms with Gasteiger partial charge in [0.05, 0.1) is 18.1 Å². The van der Waals surface area contributed by atoms with Crippen molar-refractivity contribution in [1.29, 1.82) is 0 Å². The Kier molecular flexibility index (Phi) is 13.7. The second-order valence-electron chi connectivity index (χ2n) is 11.7. The normalized spacial score (nSPS) is 23.5. The fourth-order valence-electron chi connectivity index (χ4n) is 4.69. The van der Waals surface area contributed by atoms with Gasteiger partial charge in [0, 0.05) is 25.3 Å². The molecular formula is C35H43ClN2O7. The van der Waals surface area contributed by atoms with Crippen LogP contribution in [0.25, 0.3) is 6.08 Å². The van der Waals surface area contributed by atoms with Crippen molar-refractivity contribution in [3.05, 3.63) is 82.9 Å². The highest BCUT2D eigenvalue weighted by Crippen LogP contribution is 2.26. The van der Waals surface area contributed by atoms with Gasteiger partial charge in [-0.25, -0.2) is 4.79 Å². The Hall–Kier alpha value is -4.11. The van der Waals surface area contributed by atoms with E-state index in [2.05, 4.69) is 10.6 Å². The summed E-state index contributed by atoms with van der Waals surface area (Å²) in [5, 5.41) is 5.85. The first kappa shape index (κ1) is 35.4. The summed E-state index contributed by atoms with van der Waals surface area (Å²) in [5.41, 5.74) is 1.69. The summed E-state index contributed by atoms with van der Waals surface area (Å²) in [6.07, 6.45) is 5.68. The van der Waals surface area contributed by atoms with E-state index in [-0.39, 0.29) is 37.6 Å². The van der Waals surface area contributed by atoms with E-state index in [1.165, 1.54) is 13.2 Å². The zero-order valence-electron chi connectivity index (χ0n) is 26.5. The van der Waals surface area contributed by atoms with Gasteiger partial charge >= 0.3 is 11.9 Å². The van der Waals surface area contributed by atoms with E-state index in [9.17, 15) is 19.2 Å². The number of methoxy groups -OCH3 is 1. The molecule has 1 aliphatic rings. The molecule has 2 N–H and O–H groups in total. The first-order valence-corrected chi connectivity index (χ1v) is 15.6. The summed E-state index contributed by atoms with van der Waals surface area (Å²) < 4.78 is 16.8. The van der Waals surface area contributed by atoms with Crippen LogP contribution in [0, 0.1) is 17.8 Å². The highest BCUT2D eigenvalue weighted by Gasteiger charge is 2.31. The van der Waals surface area contributed by atoms with Gasteiger partial charge in [-0.15, -0.1) is 0 Å². The molecule has 2 aromatic rings. The summed E-state index contributed by atoms with van der Waals surface area (Å²) >= 11 is 6.29. The number of hydrogen-bond acceptors (Lipinski definition) is 7. The molecule has 0 bridgehead atoms. The number of ether oxygens (including phenoxy) is 3. The van der Waals surface area contributed by atoms with Gasteiger partial charge in [0.1, 0.15) is 17.9 Å². The lowest BCUT2D eigenvalue weighted by Gasteiger charge is -2.26. The Morgan fingerprint density at radius 2 is 1.76 bits per heavy atom. The Morgan fingerprint density at radius 1 is 1.02 bits per heavy atom. The number of rotatable bonds is 8. The molecule has 2 amide bonds. The highest BCUT2D eigenvalue weighted by atomic mass is 35.5. The molecule has 3 rings (SSSR count). The molecule has 2 aromatic carbocycles. The van der Waals surface area contributed by atoms with E-state index in [1.54, 1.807) is 31.2 Å². The lowest BCUT2D eigenvalue weighted by molar-refractivity contribution is -0.175. The Morgan fingerprint density at radius 3 is 2.42 bits per heavy atom. The Labute approximate surface area is 270 Å². The highest BCUT2D eigenvalue weighted by molar-refractivity contribution is 6.32. The van der Waals surface area contributed by atoms with Crippen LogP contribution in [0.3, 0.4) is 0 Å². The lowest BCUT2D eigenvalue weighted by atomic mass is 9.99. The van der Waals surface area contributed by atoms with Crippen LogP contribution < -0.4 is 15.4 Å². The molecule has 45 heavy (non-hydrogen) atoms. The van der Waals surface area contributed by atoms with Crippen LogP contribution in [0.2, 0.25) is 5.02 Å². The molecule has 242 valence electrons. The Bertz CT molecular complexity index is 1380. The maximum atomic E-state index is 13.4. The summed E-state index contributed by atoms with van der Waals surface area (Å²) in [6.45, 7) is 7.29. The average molecular weight is 639 g/mol. The minimum Gasteiger partial charge on any atom is -0.495 e. The minimum absolute atomic E-state index is 0.0422. The molecule has 1 aliphatic heterocycles. The van der Waals surface area contributed by atoms with Crippen molar-refractivity contribution in [2.45, 2.75) is 65.2 Å². The van der Waals surface area contributed by atoms with Gasteiger partial charge in [0.25, 0.3) is 0 Å². The summed E-state index contributed by atoms with van der Waals surface area (Å²) in [6, 6.07) is 13.9. The summed E-state index contributed by atoms with van der Waals surface area (Å²) in [7, 11) is 1.51. The van der Waals surface area contributed by atoms with E-state index < -0.39 is 47.9 Å². The standard InChI is InChI=1S/C35H43ClN2O7/c1-22(2)18-31-35(42)44-29(23(3)14-15-25-10-7-6-8-11-25)12-9-13-32(39)38-28(33(40)37-21-24(4)34(41)45-31)20-26-16-17-30(43-5)27(36)19-26/h6-11,13-17,19,22-24,28-29,31H,12,18,20-21H2,1-5H3,(H,37,40)(H,38,39)/b13-9+,15-14+/t23-,24+,28+,29-,31-/m0/s1. The topological polar surface area (TPSA) is 120 Å². The molecule has 9 nitrogen and oxygen atoms in total. The number of cyclic esters (lactones) is 2. The molecule has 0 saturated carbocycles. The smallest absolute Gasteiger partial charge is 0.347 e. The fourth-order valence-corrected chi connectivity index (χ4v) is 4.97. The van der Waals surface area contributed by atoms with Crippen LogP contribution >= 0.6 is 11.6 Å². The number of hydrogen-bond donors (Lipinski definition) is 2. The number of esters is 2. The molecule has 0 aliphatic carbocycles. The molecule has 10 heteroatoms. The Balaban J connectivity index is 1.89. The monoisotopic (exact) mass is 638 g/mol. The lowest BCUT2D eigenvalue weighted by Crippen LogP contribution is -2.49. The summed E-state index contributed by atoms with van der Waals surface area (Å²) in [4.78, 5) is 52.7. The molecule has 0 fully saturated rings. The first-order valence-electron chi connectivity index (χ1n) is 15.2. The number of carbonyl (C=O) groups excluding carboxylic acids is 4. The van der Waals surface area contributed by atoms with E-state index in [0.717, 1.165) is 5.56 Å². The van der Waals surface area contributed by atoms with E-state index in [1.807, 2.05) is 63.3 Å². The van der Waals surface area contributed by atoms with Gasteiger partial charge in [-0.1, -0.05) is 93.9 Å². The predicted molar refractivity (Wildman–Crippen MR) is 173 cm³/mol.